The summed E-state index contributed by atoms with van der Waals surface area (Å²) in [7, 11) is 0. The van der Waals surface area contributed by atoms with Gasteiger partial charge in [0.25, 0.3) is 0 Å². The van der Waals surface area contributed by atoms with E-state index in [1.165, 1.54) is 0 Å². The smallest absolute Gasteiger partial charge is 0.407 e. The van der Waals surface area contributed by atoms with Crippen LogP contribution in [0.3, 0.4) is 0 Å². The van der Waals surface area contributed by atoms with E-state index in [9.17, 15) is 9.59 Å². The molecule has 5 nitrogen and oxygen atoms in total. The van der Waals surface area contributed by atoms with E-state index in [2.05, 4.69) is 17.1 Å². The number of carbonyl (C=O) groups is 2. The van der Waals surface area contributed by atoms with Gasteiger partial charge < -0.3 is 15.0 Å². The molecule has 2 aliphatic heterocycles. The predicted molar refractivity (Wildman–Crippen MR) is 78.7 cm³/mol. The van der Waals surface area contributed by atoms with Crippen LogP contribution in [0.2, 0.25) is 0 Å². The van der Waals surface area contributed by atoms with E-state index in [-0.39, 0.29) is 12.2 Å². The first kappa shape index (κ1) is 14.7. The highest BCUT2D eigenvalue weighted by molar-refractivity contribution is 5.78. The van der Waals surface area contributed by atoms with Crippen LogP contribution in [-0.4, -0.2) is 42.1 Å². The molecule has 0 aromatic rings. The minimum absolute atomic E-state index is 0.0334. The van der Waals surface area contributed by atoms with Crippen LogP contribution >= 0.6 is 0 Å². The van der Waals surface area contributed by atoms with Crippen molar-refractivity contribution in [2.45, 2.75) is 64.0 Å². The van der Waals surface area contributed by atoms with Gasteiger partial charge in [-0.25, -0.2) is 4.79 Å². The summed E-state index contributed by atoms with van der Waals surface area (Å²) in [6, 6.07) is 0.425. The maximum atomic E-state index is 11.9. The predicted octanol–water partition coefficient (Wildman–Crippen LogP) is 2.30. The number of unbranched alkanes of at least 4 members (excludes halogenated alkanes) is 1. The molecular weight excluding hydrogens is 268 g/mol. The number of nitrogens with one attached hydrogen (secondary N) is 1. The normalized spacial score (nSPS) is 34.5. The molecule has 3 aliphatic rings. The van der Waals surface area contributed by atoms with Crippen molar-refractivity contribution in [2.75, 3.05) is 13.1 Å². The van der Waals surface area contributed by atoms with Crippen LogP contribution in [-0.2, 0) is 9.53 Å². The van der Waals surface area contributed by atoms with Gasteiger partial charge in [0, 0.05) is 25.6 Å². The van der Waals surface area contributed by atoms with Gasteiger partial charge in [-0.05, 0) is 43.9 Å². The van der Waals surface area contributed by atoms with Gasteiger partial charge in [-0.15, -0.1) is 0 Å². The molecule has 1 N–H and O–H groups in total. The first-order chi connectivity index (χ1) is 10.2. The summed E-state index contributed by atoms with van der Waals surface area (Å²) in [6.45, 7) is 3.70. The number of nitrogens with zero attached hydrogens (tertiary/aromatic N) is 1. The van der Waals surface area contributed by atoms with Crippen molar-refractivity contribution in [1.29, 1.82) is 0 Å². The Kier molecular flexibility index (Phi) is 4.36. The van der Waals surface area contributed by atoms with Crippen molar-refractivity contribution in [3.05, 3.63) is 0 Å². The lowest BCUT2D eigenvalue weighted by Gasteiger charge is -2.44. The quantitative estimate of drug-likeness (QED) is 0.809. The van der Waals surface area contributed by atoms with Crippen LogP contribution in [0.1, 0.15) is 51.9 Å². The Morgan fingerprint density at radius 1 is 1.33 bits per heavy atom. The molecule has 2 heterocycles. The third-order valence-electron chi connectivity index (χ3n) is 5.32. The Bertz CT molecular complexity index is 412. The minimum atomic E-state index is -0.270. The lowest BCUT2D eigenvalue weighted by atomic mass is 9.72. The second-order valence-corrected chi connectivity index (χ2v) is 6.70. The molecule has 0 bridgehead atoms. The van der Waals surface area contributed by atoms with Gasteiger partial charge in [-0.1, -0.05) is 13.3 Å². The van der Waals surface area contributed by atoms with Crippen molar-refractivity contribution < 1.29 is 14.3 Å². The van der Waals surface area contributed by atoms with Crippen LogP contribution < -0.4 is 5.32 Å². The average Bonchev–Trinajstić information content (AvgIpc) is 2.88. The highest BCUT2D eigenvalue weighted by Gasteiger charge is 2.49. The zero-order chi connectivity index (χ0) is 14.8. The second kappa shape index (κ2) is 6.24. The molecule has 1 aliphatic carbocycles. The number of piperidine rings is 1. The molecule has 0 unspecified atom stereocenters. The number of ether oxygens (including phenoxy) is 1. The van der Waals surface area contributed by atoms with Crippen molar-refractivity contribution in [3.63, 3.8) is 0 Å². The summed E-state index contributed by atoms with van der Waals surface area (Å²) in [4.78, 5) is 25.8. The molecule has 0 aromatic heterocycles. The van der Waals surface area contributed by atoms with Crippen LogP contribution in [0.25, 0.3) is 0 Å². The zero-order valence-electron chi connectivity index (χ0n) is 12.8. The molecule has 4 atom stereocenters. The molecule has 21 heavy (non-hydrogen) atoms. The summed E-state index contributed by atoms with van der Waals surface area (Å²) < 4.78 is 5.61. The fourth-order valence-electron chi connectivity index (χ4n) is 4.38. The molecule has 3 rings (SSSR count). The van der Waals surface area contributed by atoms with Crippen molar-refractivity contribution >= 4 is 12.0 Å². The maximum absolute atomic E-state index is 11.9. The van der Waals surface area contributed by atoms with E-state index in [4.69, 9.17) is 4.74 Å². The maximum Gasteiger partial charge on any atom is 0.407 e. The van der Waals surface area contributed by atoms with Crippen molar-refractivity contribution in [2.24, 2.45) is 11.8 Å². The Hall–Kier alpha value is -1.26. The first-order valence-electron chi connectivity index (χ1n) is 8.43. The highest BCUT2D eigenvalue weighted by atomic mass is 16.6. The molecular formula is C16H26N2O3. The summed E-state index contributed by atoms with van der Waals surface area (Å²) in [5.74, 6) is 1.38. The third kappa shape index (κ3) is 3.01. The van der Waals surface area contributed by atoms with Gasteiger partial charge in [-0.2, -0.15) is 0 Å². The van der Waals surface area contributed by atoms with E-state index in [0.717, 1.165) is 45.1 Å². The fourth-order valence-corrected chi connectivity index (χ4v) is 4.38. The Balaban J connectivity index is 1.54. The van der Waals surface area contributed by atoms with Gasteiger partial charge >= 0.3 is 6.09 Å². The topological polar surface area (TPSA) is 58.6 Å². The van der Waals surface area contributed by atoms with Crippen LogP contribution in [0.4, 0.5) is 4.79 Å². The summed E-state index contributed by atoms with van der Waals surface area (Å²) in [5, 5.41) is 2.83. The summed E-state index contributed by atoms with van der Waals surface area (Å²) in [6.07, 6.45) is 6.38. The van der Waals surface area contributed by atoms with Gasteiger partial charge in [0.05, 0.1) is 0 Å². The van der Waals surface area contributed by atoms with Crippen LogP contribution in [0.5, 0.6) is 0 Å². The van der Waals surface area contributed by atoms with Crippen molar-refractivity contribution in [1.82, 2.24) is 10.2 Å². The van der Waals surface area contributed by atoms with Gasteiger partial charge in [0.15, 0.2) is 0 Å². The van der Waals surface area contributed by atoms with Crippen LogP contribution in [0, 0.1) is 11.8 Å². The summed E-state index contributed by atoms with van der Waals surface area (Å²) >= 11 is 0. The second-order valence-electron chi connectivity index (χ2n) is 6.70. The minimum Gasteiger partial charge on any atom is -0.446 e. The standard InChI is InChI=1S/C16H26N2O3/c1-2-3-7-17-16(20)21-13-9-11-4-5-14(19)18-8-6-12(10-13)15(11)18/h11-13,15H,2-10H2,1H3,(H,17,20)/t11-,12+,13-,15-/m1/s1. The number of hydrogen-bond donors (Lipinski definition) is 1. The number of hydrogen-bond acceptors (Lipinski definition) is 3. The van der Waals surface area contributed by atoms with E-state index < -0.39 is 0 Å². The average molecular weight is 294 g/mol. The summed E-state index contributed by atoms with van der Waals surface area (Å²) in [5.41, 5.74) is 0. The van der Waals surface area contributed by atoms with E-state index in [1.54, 1.807) is 0 Å². The fraction of sp³-hybridized carbons (Fsp3) is 0.875. The lowest BCUT2D eigenvalue weighted by molar-refractivity contribution is -0.139. The molecule has 2 saturated heterocycles. The molecule has 3 fully saturated rings. The van der Waals surface area contributed by atoms with E-state index in [1.807, 2.05) is 0 Å². The zero-order valence-corrected chi connectivity index (χ0v) is 12.8. The van der Waals surface area contributed by atoms with E-state index >= 15 is 0 Å². The molecule has 0 spiro atoms. The Labute approximate surface area is 126 Å². The molecule has 2 amide bonds. The number of alkyl carbamates (subject to hydrolysis) is 1. The number of amides is 2. The largest absolute Gasteiger partial charge is 0.446 e. The SMILES string of the molecule is CCCCNC(=O)O[C@@H]1C[C@H]2CCC(=O)N3CC[C@@H](C1)[C@@H]23. The molecule has 0 radical (unpaired) electrons. The highest BCUT2D eigenvalue weighted by Crippen LogP contribution is 2.45. The molecule has 118 valence electrons. The monoisotopic (exact) mass is 294 g/mol. The molecule has 1 saturated carbocycles. The first-order valence-corrected chi connectivity index (χ1v) is 8.43. The number of carbonyl (C=O) groups excluding carboxylic acids is 2. The van der Waals surface area contributed by atoms with Gasteiger partial charge in [-0.3, -0.25) is 4.79 Å². The Morgan fingerprint density at radius 2 is 2.10 bits per heavy atom. The van der Waals surface area contributed by atoms with Crippen molar-refractivity contribution in [3.8, 4) is 0 Å². The lowest BCUT2D eigenvalue weighted by Crippen LogP contribution is -2.51. The number of rotatable bonds is 4. The van der Waals surface area contributed by atoms with Gasteiger partial charge in [0.2, 0.25) is 5.91 Å². The van der Waals surface area contributed by atoms with Gasteiger partial charge in [0.1, 0.15) is 6.10 Å². The van der Waals surface area contributed by atoms with Crippen LogP contribution in [0.15, 0.2) is 0 Å². The molecule has 0 aromatic carbocycles. The molecule has 5 heteroatoms. The Morgan fingerprint density at radius 3 is 2.86 bits per heavy atom. The van der Waals surface area contributed by atoms with E-state index in [0.29, 0.717) is 36.8 Å². The third-order valence-corrected chi connectivity index (χ3v) is 5.32.